The maximum absolute atomic E-state index is 14.6. The van der Waals surface area contributed by atoms with Crippen LogP contribution in [0, 0.1) is 21.7 Å². The van der Waals surface area contributed by atoms with Crippen LogP contribution >= 0.6 is 0 Å². The van der Waals surface area contributed by atoms with Gasteiger partial charge in [0.1, 0.15) is 23.2 Å². The largest absolute Gasteiger partial charge is 0.483 e. The molecule has 2 saturated heterocycles. The molecule has 0 amide bonds. The third-order valence-corrected chi connectivity index (χ3v) is 13.9. The second kappa shape index (κ2) is 10.0. The normalized spacial score (nSPS) is 34.7. The zero-order chi connectivity index (χ0) is 36.7. The van der Waals surface area contributed by atoms with Gasteiger partial charge in [-0.3, -0.25) is 14.4 Å². The molecule has 3 aromatic rings. The van der Waals surface area contributed by atoms with Crippen LogP contribution in [0.4, 0.5) is 0 Å². The van der Waals surface area contributed by atoms with Crippen LogP contribution in [0.2, 0.25) is 0 Å². The average Bonchev–Trinajstić information content (AvgIpc) is 3.54. The van der Waals surface area contributed by atoms with Crippen molar-refractivity contribution in [1.82, 2.24) is 0 Å². The van der Waals surface area contributed by atoms with E-state index >= 15 is 0 Å². The Morgan fingerprint density at radius 3 is 1.75 bits per heavy atom. The van der Waals surface area contributed by atoms with Gasteiger partial charge in [-0.25, -0.2) is 9.59 Å². The average molecular weight is 699 g/mol. The smallest absolute Gasteiger partial charge is 0.351 e. The number of benzene rings is 2. The molecular formula is C40H42O11. The second-order valence-corrected chi connectivity index (χ2v) is 16.9. The van der Waals surface area contributed by atoms with Crippen LogP contribution in [-0.2, 0) is 38.1 Å². The molecule has 1 aromatic heterocycles. The number of carbonyl (C=O) groups is 4. The van der Waals surface area contributed by atoms with E-state index in [1.807, 2.05) is 45.9 Å². The molecule has 3 aliphatic heterocycles. The molecule has 2 saturated carbocycles. The first kappa shape index (κ1) is 33.5. The molecule has 0 spiro atoms. The molecule has 6 atom stereocenters. The first-order valence-corrected chi connectivity index (χ1v) is 17.5. The molecular weight excluding hydrogens is 656 g/mol. The Balaban J connectivity index is 1.28. The molecule has 268 valence electrons. The third kappa shape index (κ3) is 3.87. The van der Waals surface area contributed by atoms with E-state index in [-0.39, 0.29) is 40.6 Å². The Labute approximate surface area is 294 Å². The Morgan fingerprint density at radius 2 is 1.24 bits per heavy atom. The van der Waals surface area contributed by atoms with Gasteiger partial charge in [-0.1, -0.05) is 58.0 Å². The highest BCUT2D eigenvalue weighted by molar-refractivity contribution is 5.95. The molecule has 0 radical (unpaired) electrons. The van der Waals surface area contributed by atoms with E-state index in [9.17, 15) is 24.0 Å². The summed E-state index contributed by atoms with van der Waals surface area (Å²) in [5.74, 6) is -2.30. The zero-order valence-electron chi connectivity index (χ0n) is 30.1. The van der Waals surface area contributed by atoms with E-state index in [1.165, 1.54) is 6.26 Å². The van der Waals surface area contributed by atoms with Crippen molar-refractivity contribution in [3.63, 3.8) is 0 Å². The van der Waals surface area contributed by atoms with Crippen LogP contribution in [0.5, 0.6) is 5.75 Å². The molecule has 0 N–H and O–H groups in total. The molecule has 11 nitrogen and oxygen atoms in total. The predicted molar refractivity (Wildman–Crippen MR) is 181 cm³/mol. The van der Waals surface area contributed by atoms with Crippen molar-refractivity contribution in [2.24, 2.45) is 21.7 Å². The molecule has 4 heterocycles. The number of esters is 4. The summed E-state index contributed by atoms with van der Waals surface area (Å²) >= 11 is 0. The van der Waals surface area contributed by atoms with E-state index in [4.69, 9.17) is 28.1 Å². The first-order chi connectivity index (χ1) is 23.8. The fourth-order valence-corrected chi connectivity index (χ4v) is 9.39. The maximum Gasteiger partial charge on any atom is 0.351 e. The van der Waals surface area contributed by atoms with Gasteiger partial charge in [0.05, 0.1) is 27.3 Å². The van der Waals surface area contributed by atoms with Gasteiger partial charge in [-0.05, 0) is 71.1 Å². The third-order valence-electron chi connectivity index (χ3n) is 13.9. The molecule has 4 bridgehead atoms. The van der Waals surface area contributed by atoms with Crippen molar-refractivity contribution in [3.8, 4) is 16.9 Å². The van der Waals surface area contributed by atoms with Gasteiger partial charge in [-0.2, -0.15) is 0 Å². The highest BCUT2D eigenvalue weighted by Crippen LogP contribution is 2.67. The molecule has 5 aliphatic rings. The minimum atomic E-state index is -1.61. The Bertz CT molecular complexity index is 2130. The summed E-state index contributed by atoms with van der Waals surface area (Å²) < 4.78 is 37.2. The van der Waals surface area contributed by atoms with Crippen LogP contribution in [0.3, 0.4) is 0 Å². The topological polar surface area (TPSA) is 145 Å². The van der Waals surface area contributed by atoms with Crippen molar-refractivity contribution in [2.75, 3.05) is 0 Å². The van der Waals surface area contributed by atoms with Gasteiger partial charge in [0.25, 0.3) is 0 Å². The lowest BCUT2D eigenvalue weighted by molar-refractivity contribution is -0.217. The number of carbonyl (C=O) groups excluding carboxylic acids is 4. The number of hydrogen-bond donors (Lipinski definition) is 0. The molecule has 4 fully saturated rings. The highest BCUT2D eigenvalue weighted by atomic mass is 16.7. The lowest BCUT2D eigenvalue weighted by atomic mass is 9.66. The maximum atomic E-state index is 14.6. The van der Waals surface area contributed by atoms with E-state index < -0.39 is 74.5 Å². The number of fused-ring (bicyclic) bond motifs is 7. The number of ether oxygens (including phenoxy) is 5. The Kier molecular flexibility index (Phi) is 6.57. The van der Waals surface area contributed by atoms with Gasteiger partial charge < -0.3 is 28.1 Å². The van der Waals surface area contributed by atoms with Crippen LogP contribution < -0.4 is 10.2 Å². The first-order valence-electron chi connectivity index (χ1n) is 17.5. The van der Waals surface area contributed by atoms with Crippen LogP contribution in [0.15, 0.2) is 57.9 Å². The van der Waals surface area contributed by atoms with Crippen molar-refractivity contribution in [1.29, 1.82) is 0 Å². The fourth-order valence-electron chi connectivity index (χ4n) is 9.39. The second-order valence-electron chi connectivity index (χ2n) is 16.9. The van der Waals surface area contributed by atoms with E-state index in [1.54, 1.807) is 52.0 Å². The van der Waals surface area contributed by atoms with Crippen LogP contribution in [-0.4, -0.2) is 46.8 Å². The molecule has 51 heavy (non-hydrogen) atoms. The Hall–Kier alpha value is -4.67. The number of rotatable bonds is 5. The summed E-state index contributed by atoms with van der Waals surface area (Å²) in [4.78, 5) is 69.4. The van der Waals surface area contributed by atoms with Gasteiger partial charge in [0.15, 0.2) is 12.2 Å². The van der Waals surface area contributed by atoms with Crippen molar-refractivity contribution < 1.29 is 47.3 Å². The van der Waals surface area contributed by atoms with Crippen molar-refractivity contribution in [2.45, 2.75) is 110 Å². The summed E-state index contributed by atoms with van der Waals surface area (Å²) in [6, 6.07) is 12.3. The lowest BCUT2D eigenvalue weighted by Gasteiger charge is -2.45. The van der Waals surface area contributed by atoms with E-state index in [0.717, 1.165) is 0 Å². The zero-order valence-corrected chi connectivity index (χ0v) is 30.1. The van der Waals surface area contributed by atoms with Gasteiger partial charge >= 0.3 is 23.9 Å². The van der Waals surface area contributed by atoms with Crippen molar-refractivity contribution in [3.05, 3.63) is 64.5 Å². The number of hydrogen-bond acceptors (Lipinski definition) is 11. The summed E-state index contributed by atoms with van der Waals surface area (Å²) in [7, 11) is 0. The Morgan fingerprint density at radius 1 is 0.686 bits per heavy atom. The SMILES string of the molecule is CC1(C)Oc2ccc3c(=O)c(-c4ccccc4)coc3c2[C@@H](OC(=O)[C@@]23CC[C@@](C)(C(=O)O2)C3(C)C)[C@H]1OC(=O)[C@@]12CC[C@@](C)(C(=O)O1)C2(C)C. The molecule has 0 unspecified atom stereocenters. The quantitative estimate of drug-likeness (QED) is 0.217. The summed E-state index contributed by atoms with van der Waals surface area (Å²) in [5.41, 5.74) is -7.25. The minimum Gasteiger partial charge on any atom is -0.483 e. The molecule has 2 aliphatic carbocycles. The lowest BCUT2D eigenvalue weighted by Crippen LogP contribution is -2.57. The summed E-state index contributed by atoms with van der Waals surface area (Å²) in [6.45, 7) is 14.3. The standard InChI is InChI=1S/C40H42O11/c1-34(2)29(48-33(45)40-19-17-38(8,31(43)51-40)36(40,5)6)28(47-32(44)39-18-16-37(7,30(42)50-39)35(39,3)4)25-24(49-34)15-14-22-26(41)23(20-46-27(22)25)21-12-10-9-11-13-21/h9-15,20,28-29H,16-19H2,1-8H3/t28-,29-,37+,38+,39-,40-/m1/s1. The monoisotopic (exact) mass is 698 g/mol. The molecule has 11 heteroatoms. The molecule has 8 rings (SSSR count). The predicted octanol–water partition coefficient (Wildman–Crippen LogP) is 6.37. The summed E-state index contributed by atoms with van der Waals surface area (Å²) in [5, 5.41) is 0.194. The van der Waals surface area contributed by atoms with Gasteiger partial charge in [0.2, 0.25) is 16.6 Å². The van der Waals surface area contributed by atoms with Gasteiger partial charge in [0, 0.05) is 10.8 Å². The van der Waals surface area contributed by atoms with Gasteiger partial charge in [-0.15, -0.1) is 0 Å². The van der Waals surface area contributed by atoms with E-state index in [2.05, 4.69) is 0 Å². The highest BCUT2D eigenvalue weighted by Gasteiger charge is 2.78. The van der Waals surface area contributed by atoms with Crippen molar-refractivity contribution >= 4 is 34.8 Å². The van der Waals surface area contributed by atoms with Crippen LogP contribution in [0.1, 0.15) is 92.7 Å². The van der Waals surface area contributed by atoms with Crippen LogP contribution in [0.25, 0.3) is 22.1 Å². The fraction of sp³-hybridized carbons (Fsp3) is 0.525. The summed E-state index contributed by atoms with van der Waals surface area (Å²) in [6.07, 6.45) is -0.0290. The minimum absolute atomic E-state index is 0.0854. The van der Waals surface area contributed by atoms with E-state index in [0.29, 0.717) is 24.0 Å². The molecule has 2 aromatic carbocycles.